The van der Waals surface area contributed by atoms with Crippen molar-refractivity contribution in [1.29, 1.82) is 0 Å². The zero-order valence-corrected chi connectivity index (χ0v) is 19.7. The van der Waals surface area contributed by atoms with E-state index in [1.54, 1.807) is 6.26 Å². The normalized spacial score (nSPS) is 12.2. The molecule has 2 aromatic carbocycles. The maximum absolute atomic E-state index is 13.1. The highest BCUT2D eigenvalue weighted by atomic mass is 32.2. The second-order valence-corrected chi connectivity index (χ2v) is 8.69. The lowest BCUT2D eigenvalue weighted by atomic mass is 10.2. The Hall–Kier alpha value is -3.72. The second kappa shape index (κ2) is 9.64. The summed E-state index contributed by atoms with van der Waals surface area (Å²) in [6, 6.07) is 17.5. The van der Waals surface area contributed by atoms with E-state index in [4.69, 9.17) is 13.9 Å². The van der Waals surface area contributed by atoms with Gasteiger partial charge in [0.15, 0.2) is 22.5 Å². The molecule has 4 aromatic rings. The van der Waals surface area contributed by atoms with Crippen LogP contribution in [0.1, 0.15) is 18.2 Å². The van der Waals surface area contributed by atoms with Crippen molar-refractivity contribution in [3.05, 3.63) is 72.2 Å². The van der Waals surface area contributed by atoms with Crippen molar-refractivity contribution in [2.24, 2.45) is 0 Å². The van der Waals surface area contributed by atoms with Crippen LogP contribution in [0, 0.1) is 6.92 Å². The van der Waals surface area contributed by atoms with E-state index in [1.807, 2.05) is 77.9 Å². The predicted molar refractivity (Wildman–Crippen MR) is 128 cm³/mol. The lowest BCUT2D eigenvalue weighted by Gasteiger charge is -2.21. The average Bonchev–Trinajstić information content (AvgIpc) is 3.60. The zero-order valence-electron chi connectivity index (χ0n) is 18.9. The van der Waals surface area contributed by atoms with E-state index in [1.165, 1.54) is 11.8 Å². The molecule has 0 spiro atoms. The molecule has 0 N–H and O–H groups in total. The topological polar surface area (TPSA) is 82.6 Å². The van der Waals surface area contributed by atoms with Crippen LogP contribution in [-0.2, 0) is 11.3 Å². The van der Waals surface area contributed by atoms with Gasteiger partial charge < -0.3 is 18.8 Å². The first kappa shape index (κ1) is 22.1. The first-order valence-electron chi connectivity index (χ1n) is 11.0. The van der Waals surface area contributed by atoms with E-state index < -0.39 is 0 Å². The van der Waals surface area contributed by atoms with E-state index in [0.717, 1.165) is 28.3 Å². The molecule has 0 bridgehead atoms. The second-order valence-electron chi connectivity index (χ2n) is 7.75. The lowest BCUT2D eigenvalue weighted by molar-refractivity contribution is -0.128. The van der Waals surface area contributed by atoms with Crippen LogP contribution in [0.2, 0.25) is 0 Å². The maximum atomic E-state index is 13.1. The number of nitrogens with zero attached hydrogens (tertiary/aromatic N) is 4. The summed E-state index contributed by atoms with van der Waals surface area (Å²) in [5.41, 5.74) is 2.79. The third-order valence-corrected chi connectivity index (χ3v) is 6.53. The monoisotopic (exact) mass is 476 g/mol. The maximum Gasteiger partial charge on any atom is 0.233 e. The van der Waals surface area contributed by atoms with Gasteiger partial charge in [-0.2, -0.15) is 0 Å². The van der Waals surface area contributed by atoms with E-state index in [0.29, 0.717) is 29.8 Å². The number of amides is 1. The summed E-state index contributed by atoms with van der Waals surface area (Å²) in [7, 11) is 0. The first-order chi connectivity index (χ1) is 16.6. The zero-order chi connectivity index (χ0) is 23.5. The predicted octanol–water partition coefficient (Wildman–Crippen LogP) is 4.71. The van der Waals surface area contributed by atoms with Gasteiger partial charge in [-0.05, 0) is 49.7 Å². The molecule has 0 radical (unpaired) electrons. The van der Waals surface area contributed by atoms with Crippen LogP contribution in [0.15, 0.2) is 70.4 Å². The molecule has 9 heteroatoms. The molecule has 1 aliphatic heterocycles. The van der Waals surface area contributed by atoms with Gasteiger partial charge in [-0.3, -0.25) is 9.36 Å². The largest absolute Gasteiger partial charge is 0.469 e. The number of thioether (sulfide) groups is 1. The Labute approximate surface area is 201 Å². The number of para-hydroxylation sites is 1. The Morgan fingerprint density at radius 1 is 1.09 bits per heavy atom. The fourth-order valence-corrected chi connectivity index (χ4v) is 4.67. The van der Waals surface area contributed by atoms with Crippen molar-refractivity contribution in [2.75, 3.05) is 19.1 Å². The highest BCUT2D eigenvalue weighted by molar-refractivity contribution is 7.99. The number of hydrogen-bond acceptors (Lipinski definition) is 7. The number of benzene rings is 2. The average molecular weight is 477 g/mol. The van der Waals surface area contributed by atoms with E-state index in [2.05, 4.69) is 10.2 Å². The molecule has 0 fully saturated rings. The molecule has 0 aliphatic carbocycles. The molecule has 34 heavy (non-hydrogen) atoms. The van der Waals surface area contributed by atoms with Gasteiger partial charge in [0.25, 0.3) is 0 Å². The number of furan rings is 1. The highest BCUT2D eigenvalue weighted by Crippen LogP contribution is 2.33. The molecule has 1 amide bonds. The van der Waals surface area contributed by atoms with Gasteiger partial charge in [0.2, 0.25) is 12.7 Å². The summed E-state index contributed by atoms with van der Waals surface area (Å²) in [4.78, 5) is 14.9. The molecule has 2 aromatic heterocycles. The number of carbonyl (C=O) groups is 1. The van der Waals surface area contributed by atoms with Crippen molar-refractivity contribution in [1.82, 2.24) is 19.7 Å². The van der Waals surface area contributed by atoms with Crippen LogP contribution >= 0.6 is 11.8 Å². The Balaban J connectivity index is 1.34. The molecule has 174 valence electrons. The molecule has 0 atom stereocenters. The third-order valence-electron chi connectivity index (χ3n) is 5.62. The summed E-state index contributed by atoms with van der Waals surface area (Å²) in [6.07, 6.45) is 1.64. The van der Waals surface area contributed by atoms with Crippen molar-refractivity contribution >= 4 is 17.7 Å². The summed E-state index contributed by atoms with van der Waals surface area (Å²) in [5.74, 6) is 3.16. The van der Waals surface area contributed by atoms with Crippen LogP contribution in [0.3, 0.4) is 0 Å². The van der Waals surface area contributed by atoms with Gasteiger partial charge in [-0.1, -0.05) is 36.0 Å². The summed E-state index contributed by atoms with van der Waals surface area (Å²) in [6.45, 7) is 5.19. The molecule has 5 rings (SSSR count). The van der Waals surface area contributed by atoms with E-state index in [9.17, 15) is 4.79 Å². The van der Waals surface area contributed by atoms with Gasteiger partial charge in [-0.15, -0.1) is 10.2 Å². The molecule has 8 nitrogen and oxygen atoms in total. The number of fused-ring (bicyclic) bond motifs is 1. The van der Waals surface area contributed by atoms with Gasteiger partial charge >= 0.3 is 0 Å². The molecule has 0 unspecified atom stereocenters. The number of hydrogen-bond donors (Lipinski definition) is 0. The molecular weight excluding hydrogens is 452 g/mol. The fraction of sp³-hybridized carbons (Fsp3) is 0.240. The Morgan fingerprint density at radius 3 is 2.68 bits per heavy atom. The summed E-state index contributed by atoms with van der Waals surface area (Å²) in [5, 5.41) is 9.47. The minimum Gasteiger partial charge on any atom is -0.469 e. The van der Waals surface area contributed by atoms with Gasteiger partial charge in [0.1, 0.15) is 5.76 Å². The Bertz CT molecular complexity index is 1300. The fourth-order valence-electron chi connectivity index (χ4n) is 3.82. The smallest absolute Gasteiger partial charge is 0.233 e. The van der Waals surface area contributed by atoms with Crippen LogP contribution in [0.4, 0.5) is 0 Å². The van der Waals surface area contributed by atoms with Gasteiger partial charge in [0.05, 0.1) is 17.6 Å². The molecule has 3 heterocycles. The number of aryl methyl sites for hydroxylation is 1. The molecule has 0 saturated heterocycles. The van der Waals surface area contributed by atoms with Crippen molar-refractivity contribution in [3.8, 4) is 28.6 Å². The number of rotatable bonds is 8. The molecule has 0 saturated carbocycles. The van der Waals surface area contributed by atoms with Crippen LogP contribution < -0.4 is 9.47 Å². The van der Waals surface area contributed by atoms with Crippen molar-refractivity contribution in [2.45, 2.75) is 25.5 Å². The number of ether oxygens (including phenoxy) is 2. The quantitative estimate of drug-likeness (QED) is 0.341. The Morgan fingerprint density at radius 2 is 1.91 bits per heavy atom. The van der Waals surface area contributed by atoms with Crippen LogP contribution in [0.5, 0.6) is 11.5 Å². The summed E-state index contributed by atoms with van der Waals surface area (Å²) < 4.78 is 18.3. The van der Waals surface area contributed by atoms with Crippen LogP contribution in [-0.4, -0.2) is 44.7 Å². The Kier molecular flexibility index (Phi) is 6.27. The van der Waals surface area contributed by atoms with E-state index in [-0.39, 0.29) is 18.5 Å². The molecule has 1 aliphatic rings. The standard InChI is InChI=1S/C25H24N4O4S/c1-3-28(14-18-9-10-21-22(13-18)33-16-32-21)23(30)15-34-25-27-26-24(20-11-12-31-17(20)2)29(25)19-7-5-4-6-8-19/h4-13H,3,14-16H2,1-2H3. The van der Waals surface area contributed by atoms with E-state index >= 15 is 0 Å². The number of aromatic nitrogens is 3. The number of carbonyl (C=O) groups excluding carboxylic acids is 1. The summed E-state index contributed by atoms with van der Waals surface area (Å²) >= 11 is 1.37. The van der Waals surface area contributed by atoms with Gasteiger partial charge in [0, 0.05) is 18.8 Å². The van der Waals surface area contributed by atoms with Gasteiger partial charge in [-0.25, -0.2) is 0 Å². The minimum absolute atomic E-state index is 0.0221. The minimum atomic E-state index is 0.0221. The SMILES string of the molecule is CCN(Cc1ccc2c(c1)OCO2)C(=O)CSc1nnc(-c2ccoc2C)n1-c1ccccc1. The van der Waals surface area contributed by atoms with Crippen LogP contribution in [0.25, 0.3) is 17.1 Å². The lowest BCUT2D eigenvalue weighted by Crippen LogP contribution is -2.31. The highest BCUT2D eigenvalue weighted by Gasteiger charge is 2.21. The van der Waals surface area contributed by atoms with Crippen molar-refractivity contribution in [3.63, 3.8) is 0 Å². The van der Waals surface area contributed by atoms with Crippen molar-refractivity contribution < 1.29 is 18.7 Å². The third kappa shape index (κ3) is 4.38. The first-order valence-corrected chi connectivity index (χ1v) is 12.0. The molecular formula is C25H24N4O4S.